The Morgan fingerprint density at radius 2 is 0.982 bits per heavy atom. The van der Waals surface area contributed by atoms with Crippen molar-refractivity contribution in [3.05, 3.63) is 217 Å². The Balaban J connectivity index is 1.11. The smallest absolute Gasteiger partial charge is 0.162 e. The van der Waals surface area contributed by atoms with Crippen LogP contribution in [0.1, 0.15) is 22.3 Å². The Morgan fingerprint density at radius 1 is 0.400 bits per heavy atom. The molecule has 55 heavy (non-hydrogen) atoms. The highest BCUT2D eigenvalue weighted by molar-refractivity contribution is 6.17. The van der Waals surface area contributed by atoms with Gasteiger partial charge in [0.25, 0.3) is 0 Å². The number of fused-ring (bicyclic) bond motifs is 15. The lowest BCUT2D eigenvalue weighted by Gasteiger charge is -2.31. The molecular weight excluding hydrogens is 669 g/mol. The van der Waals surface area contributed by atoms with Gasteiger partial charge < -0.3 is 9.32 Å². The largest absolute Gasteiger partial charge is 0.453 e. The van der Waals surface area contributed by atoms with Gasteiger partial charge in [0.1, 0.15) is 11.3 Å². The Labute approximate surface area is 318 Å². The van der Waals surface area contributed by atoms with E-state index >= 15 is 0 Å². The van der Waals surface area contributed by atoms with E-state index in [9.17, 15) is 0 Å². The highest BCUT2D eigenvalue weighted by atomic mass is 16.3. The lowest BCUT2D eigenvalue weighted by molar-refractivity contribution is 0.672. The fourth-order valence-corrected chi connectivity index (χ4v) is 9.65. The van der Waals surface area contributed by atoms with Crippen molar-refractivity contribution >= 4 is 49.8 Å². The molecule has 0 radical (unpaired) electrons. The summed E-state index contributed by atoms with van der Waals surface area (Å²) in [5.41, 5.74) is 17.0. The second kappa shape index (κ2) is 11.4. The number of anilines is 3. The number of nitrogens with zero attached hydrogens (tertiary/aromatic N) is 2. The highest BCUT2D eigenvalue weighted by Crippen LogP contribution is 2.63. The van der Waals surface area contributed by atoms with Crippen LogP contribution in [0.4, 0.5) is 17.1 Å². The predicted molar refractivity (Wildman–Crippen MR) is 225 cm³/mol. The molecule has 0 N–H and O–H groups in total. The molecule has 0 saturated carbocycles. The van der Waals surface area contributed by atoms with Crippen LogP contribution in [0.3, 0.4) is 0 Å². The third-order valence-corrected chi connectivity index (χ3v) is 12.0. The summed E-state index contributed by atoms with van der Waals surface area (Å²) in [6, 6.07) is 66.1. The summed E-state index contributed by atoms with van der Waals surface area (Å²) in [5, 5.41) is 4.30. The molecule has 0 atom stereocenters. The van der Waals surface area contributed by atoms with E-state index in [4.69, 9.17) is 9.40 Å². The van der Waals surface area contributed by atoms with E-state index in [0.717, 1.165) is 49.8 Å². The quantitative estimate of drug-likeness (QED) is 0.183. The third kappa shape index (κ3) is 4.12. The van der Waals surface area contributed by atoms with Crippen molar-refractivity contribution in [3.63, 3.8) is 0 Å². The number of benzene rings is 8. The van der Waals surface area contributed by atoms with Crippen LogP contribution in [0.25, 0.3) is 66.1 Å². The second-order valence-corrected chi connectivity index (χ2v) is 14.7. The van der Waals surface area contributed by atoms with Crippen molar-refractivity contribution in [2.75, 3.05) is 4.90 Å². The SMILES string of the molecule is c1ccc(-c2ccc(N(c3ccc4c(c3)-c3ccccc3C43c4ccccc4-c4ccccc43)c3cncc4c3oc3c5ccccc5ccc43)cc2)cc1. The summed E-state index contributed by atoms with van der Waals surface area (Å²) in [7, 11) is 0. The van der Waals surface area contributed by atoms with E-state index in [1.165, 1.54) is 55.6 Å². The zero-order valence-corrected chi connectivity index (χ0v) is 29.8. The molecule has 0 unspecified atom stereocenters. The number of pyridine rings is 1. The first kappa shape index (κ1) is 30.3. The summed E-state index contributed by atoms with van der Waals surface area (Å²) in [5.74, 6) is 0. The molecule has 10 aromatic rings. The normalized spacial score (nSPS) is 13.2. The van der Waals surface area contributed by atoms with Crippen molar-refractivity contribution < 1.29 is 4.42 Å². The van der Waals surface area contributed by atoms with E-state index in [2.05, 4.69) is 187 Å². The van der Waals surface area contributed by atoms with Gasteiger partial charge >= 0.3 is 0 Å². The number of aromatic nitrogens is 1. The van der Waals surface area contributed by atoms with Crippen LogP contribution in [-0.4, -0.2) is 4.98 Å². The molecule has 2 aliphatic carbocycles. The molecule has 256 valence electrons. The molecule has 1 spiro atoms. The van der Waals surface area contributed by atoms with Gasteiger partial charge in [-0.05, 0) is 91.4 Å². The van der Waals surface area contributed by atoms with Crippen molar-refractivity contribution in [1.82, 2.24) is 4.98 Å². The van der Waals surface area contributed by atoms with Crippen molar-refractivity contribution in [2.24, 2.45) is 0 Å². The Bertz CT molecular complexity index is 3110. The first-order chi connectivity index (χ1) is 27.3. The molecule has 2 aromatic heterocycles. The summed E-state index contributed by atoms with van der Waals surface area (Å²) >= 11 is 0. The van der Waals surface area contributed by atoms with Gasteiger partial charge in [-0.3, -0.25) is 4.98 Å². The Hall–Kier alpha value is -7.23. The van der Waals surface area contributed by atoms with Gasteiger partial charge in [-0.25, -0.2) is 0 Å². The molecule has 3 nitrogen and oxygen atoms in total. The third-order valence-electron chi connectivity index (χ3n) is 12.0. The first-order valence-electron chi connectivity index (χ1n) is 18.9. The number of hydrogen-bond acceptors (Lipinski definition) is 3. The van der Waals surface area contributed by atoms with Gasteiger partial charge in [0.05, 0.1) is 11.6 Å². The summed E-state index contributed by atoms with van der Waals surface area (Å²) in [4.78, 5) is 7.19. The van der Waals surface area contributed by atoms with Gasteiger partial charge in [-0.15, -0.1) is 0 Å². The minimum atomic E-state index is -0.402. The average molecular weight is 701 g/mol. The molecule has 2 heterocycles. The molecule has 0 amide bonds. The fourth-order valence-electron chi connectivity index (χ4n) is 9.65. The van der Waals surface area contributed by atoms with Gasteiger partial charge in [0.2, 0.25) is 0 Å². The maximum absolute atomic E-state index is 6.94. The van der Waals surface area contributed by atoms with Crippen LogP contribution in [0, 0.1) is 0 Å². The predicted octanol–water partition coefficient (Wildman–Crippen LogP) is 13.6. The second-order valence-electron chi connectivity index (χ2n) is 14.7. The highest BCUT2D eigenvalue weighted by Gasteiger charge is 2.51. The summed E-state index contributed by atoms with van der Waals surface area (Å²) in [6.07, 6.45) is 3.89. The average Bonchev–Trinajstić information content (AvgIpc) is 3.89. The van der Waals surface area contributed by atoms with Crippen LogP contribution in [0.15, 0.2) is 199 Å². The van der Waals surface area contributed by atoms with Gasteiger partial charge in [0, 0.05) is 33.7 Å². The molecule has 12 rings (SSSR count). The van der Waals surface area contributed by atoms with Crippen LogP contribution in [-0.2, 0) is 5.41 Å². The van der Waals surface area contributed by atoms with E-state index in [1.54, 1.807) is 0 Å². The van der Waals surface area contributed by atoms with Gasteiger partial charge in [-0.1, -0.05) is 152 Å². The molecule has 0 saturated heterocycles. The maximum Gasteiger partial charge on any atom is 0.162 e. The molecule has 8 aromatic carbocycles. The Morgan fingerprint density at radius 3 is 1.71 bits per heavy atom. The first-order valence-corrected chi connectivity index (χ1v) is 18.9. The van der Waals surface area contributed by atoms with Crippen LogP contribution in [0.2, 0.25) is 0 Å². The fraction of sp³-hybridized carbons (Fsp3) is 0.0192. The summed E-state index contributed by atoms with van der Waals surface area (Å²) in [6.45, 7) is 0. The van der Waals surface area contributed by atoms with Gasteiger partial charge in [0.15, 0.2) is 5.58 Å². The van der Waals surface area contributed by atoms with Crippen molar-refractivity contribution in [2.45, 2.75) is 5.41 Å². The number of hydrogen-bond donors (Lipinski definition) is 0. The molecule has 3 heteroatoms. The lowest BCUT2D eigenvalue weighted by atomic mass is 9.70. The molecule has 0 fully saturated rings. The monoisotopic (exact) mass is 700 g/mol. The van der Waals surface area contributed by atoms with Crippen LogP contribution in [0.5, 0.6) is 0 Å². The summed E-state index contributed by atoms with van der Waals surface area (Å²) < 4.78 is 6.94. The standard InChI is InChI=1S/C52H32N2O/c1-2-12-33(13-3-1)34-22-25-36(26-23-34)54(49-32-53-31-44-42-28-24-35-14-4-5-15-38(35)50(42)55-51(44)49)37-27-29-48-43(30-37)41-18-8-11-21-47(41)52(48)45-19-9-6-16-39(45)40-17-7-10-20-46(40)52/h1-32H. The molecule has 0 aliphatic heterocycles. The minimum Gasteiger partial charge on any atom is -0.453 e. The molecule has 2 aliphatic rings. The maximum atomic E-state index is 6.94. The number of rotatable bonds is 4. The van der Waals surface area contributed by atoms with E-state index in [1.807, 2.05) is 12.4 Å². The van der Waals surface area contributed by atoms with Crippen LogP contribution < -0.4 is 4.90 Å². The molecule has 0 bridgehead atoms. The zero-order valence-electron chi connectivity index (χ0n) is 29.8. The molecular formula is C52H32N2O. The van der Waals surface area contributed by atoms with E-state index in [-0.39, 0.29) is 0 Å². The van der Waals surface area contributed by atoms with E-state index < -0.39 is 5.41 Å². The van der Waals surface area contributed by atoms with Gasteiger partial charge in [-0.2, -0.15) is 0 Å². The van der Waals surface area contributed by atoms with Crippen molar-refractivity contribution in [3.8, 4) is 33.4 Å². The number of furan rings is 1. The Kier molecular flexibility index (Phi) is 6.26. The minimum absolute atomic E-state index is 0.402. The van der Waals surface area contributed by atoms with Crippen molar-refractivity contribution in [1.29, 1.82) is 0 Å². The zero-order chi connectivity index (χ0) is 36.1. The van der Waals surface area contributed by atoms with E-state index in [0.29, 0.717) is 0 Å². The topological polar surface area (TPSA) is 29.3 Å². The van der Waals surface area contributed by atoms with Crippen LogP contribution >= 0.6 is 0 Å². The lowest BCUT2D eigenvalue weighted by Crippen LogP contribution is -2.25.